The van der Waals surface area contributed by atoms with Crippen LogP contribution in [0.5, 0.6) is 0 Å². The van der Waals surface area contributed by atoms with Crippen LogP contribution < -0.4 is 11.5 Å². The molecule has 0 fully saturated rings. The molecule has 0 aliphatic heterocycles. The zero-order chi connectivity index (χ0) is 12.4. The molecule has 0 aromatic carbocycles. The van der Waals surface area contributed by atoms with Gasteiger partial charge in [0.2, 0.25) is 5.95 Å². The summed E-state index contributed by atoms with van der Waals surface area (Å²) in [6.07, 6.45) is 4.54. The minimum absolute atomic E-state index is 0.150. The van der Waals surface area contributed by atoms with E-state index in [1.54, 1.807) is 6.20 Å². The van der Waals surface area contributed by atoms with E-state index >= 15 is 0 Å². The van der Waals surface area contributed by atoms with Gasteiger partial charge in [-0.15, -0.1) is 0 Å². The van der Waals surface area contributed by atoms with E-state index in [-0.39, 0.29) is 5.95 Å². The number of nitrogens with zero attached hydrogens (tertiary/aromatic N) is 3. The summed E-state index contributed by atoms with van der Waals surface area (Å²) < 4.78 is 0. The summed E-state index contributed by atoms with van der Waals surface area (Å²) >= 11 is 6.14. The molecule has 0 aliphatic rings. The Bertz CT molecular complexity index is 555. The number of nitrogen functional groups attached to an aromatic ring is 2. The highest BCUT2D eigenvalue weighted by Crippen LogP contribution is 2.27. The molecule has 0 unspecified atom stereocenters. The standard InChI is InChI=1S/C11H14ClN5/c1-2-3-4-6-7(12)5-15-9-8(6)16-11(14)17-10(9)13/h5H,2-4H2,1H3,(H4,13,14,16,17). The number of hydrogen-bond acceptors (Lipinski definition) is 5. The second-order valence-corrected chi connectivity index (χ2v) is 4.26. The van der Waals surface area contributed by atoms with E-state index in [1.807, 2.05) is 0 Å². The molecule has 0 saturated carbocycles. The molecule has 2 aromatic rings. The van der Waals surface area contributed by atoms with Crippen molar-refractivity contribution >= 4 is 34.4 Å². The summed E-state index contributed by atoms with van der Waals surface area (Å²) in [4.78, 5) is 12.2. The van der Waals surface area contributed by atoms with Gasteiger partial charge in [-0.05, 0) is 12.8 Å². The topological polar surface area (TPSA) is 90.7 Å². The van der Waals surface area contributed by atoms with Gasteiger partial charge >= 0.3 is 0 Å². The van der Waals surface area contributed by atoms with Crippen LogP contribution in [0.1, 0.15) is 25.3 Å². The quantitative estimate of drug-likeness (QED) is 0.873. The largest absolute Gasteiger partial charge is 0.382 e. The molecule has 2 rings (SSSR count). The summed E-state index contributed by atoms with van der Waals surface area (Å²) in [5.74, 6) is 0.443. The van der Waals surface area contributed by atoms with Crippen molar-refractivity contribution < 1.29 is 0 Å². The first-order chi connectivity index (χ1) is 8.13. The molecule has 0 amide bonds. The van der Waals surface area contributed by atoms with Crippen molar-refractivity contribution in [2.24, 2.45) is 0 Å². The lowest BCUT2D eigenvalue weighted by Gasteiger charge is -2.08. The number of rotatable bonds is 3. The van der Waals surface area contributed by atoms with Crippen LogP contribution in [0, 0.1) is 0 Å². The second kappa shape index (κ2) is 4.71. The third-order valence-corrected chi connectivity index (χ3v) is 2.92. The van der Waals surface area contributed by atoms with Gasteiger partial charge in [0.15, 0.2) is 5.82 Å². The van der Waals surface area contributed by atoms with Crippen molar-refractivity contribution in [3.63, 3.8) is 0 Å². The molecular formula is C11H14ClN5. The first kappa shape index (κ1) is 11.9. The van der Waals surface area contributed by atoms with Crippen LogP contribution in [-0.4, -0.2) is 15.0 Å². The highest BCUT2D eigenvalue weighted by molar-refractivity contribution is 6.32. The van der Waals surface area contributed by atoms with Crippen LogP contribution in [0.3, 0.4) is 0 Å². The average Bonchev–Trinajstić information content (AvgIpc) is 2.27. The molecule has 0 aliphatic carbocycles. The molecule has 0 bridgehead atoms. The summed E-state index contributed by atoms with van der Waals surface area (Å²) in [6, 6.07) is 0. The van der Waals surface area contributed by atoms with Gasteiger partial charge in [0.1, 0.15) is 11.0 Å². The number of anilines is 2. The average molecular weight is 252 g/mol. The maximum absolute atomic E-state index is 6.14. The van der Waals surface area contributed by atoms with E-state index in [4.69, 9.17) is 23.1 Å². The third-order valence-electron chi connectivity index (χ3n) is 2.59. The first-order valence-corrected chi connectivity index (χ1v) is 5.87. The second-order valence-electron chi connectivity index (χ2n) is 3.85. The Morgan fingerprint density at radius 1 is 1.24 bits per heavy atom. The summed E-state index contributed by atoms with van der Waals surface area (Å²) in [5.41, 5.74) is 13.5. The number of nitrogens with two attached hydrogens (primary N) is 2. The highest BCUT2D eigenvalue weighted by Gasteiger charge is 2.12. The van der Waals surface area contributed by atoms with Crippen LogP contribution in [0.2, 0.25) is 5.02 Å². The molecule has 0 spiro atoms. The lowest BCUT2D eigenvalue weighted by atomic mass is 10.1. The van der Waals surface area contributed by atoms with Gasteiger partial charge in [-0.1, -0.05) is 24.9 Å². The van der Waals surface area contributed by atoms with Crippen molar-refractivity contribution in [1.29, 1.82) is 0 Å². The number of hydrogen-bond donors (Lipinski definition) is 2. The monoisotopic (exact) mass is 251 g/mol. The maximum atomic E-state index is 6.14. The number of aromatic nitrogens is 3. The van der Waals surface area contributed by atoms with Gasteiger partial charge in [0.25, 0.3) is 0 Å². The van der Waals surface area contributed by atoms with Crippen molar-refractivity contribution in [1.82, 2.24) is 15.0 Å². The van der Waals surface area contributed by atoms with Crippen molar-refractivity contribution in [3.8, 4) is 0 Å². The number of pyridine rings is 1. The molecule has 5 nitrogen and oxygen atoms in total. The van der Waals surface area contributed by atoms with Crippen molar-refractivity contribution in [3.05, 3.63) is 16.8 Å². The molecule has 2 aromatic heterocycles. The Morgan fingerprint density at radius 3 is 2.71 bits per heavy atom. The first-order valence-electron chi connectivity index (χ1n) is 5.49. The molecule has 90 valence electrons. The highest BCUT2D eigenvalue weighted by atomic mass is 35.5. The van der Waals surface area contributed by atoms with Gasteiger partial charge in [-0.2, -0.15) is 4.98 Å². The van der Waals surface area contributed by atoms with E-state index in [2.05, 4.69) is 21.9 Å². The fourth-order valence-electron chi connectivity index (χ4n) is 1.73. The Hall–Kier alpha value is -1.62. The Balaban J connectivity index is 2.66. The van der Waals surface area contributed by atoms with Gasteiger partial charge in [-0.3, -0.25) is 0 Å². The molecule has 0 atom stereocenters. The van der Waals surface area contributed by atoms with E-state index in [0.29, 0.717) is 21.9 Å². The molecule has 0 saturated heterocycles. The van der Waals surface area contributed by atoms with Crippen LogP contribution >= 0.6 is 11.6 Å². The zero-order valence-electron chi connectivity index (χ0n) is 9.57. The number of halogens is 1. The predicted molar refractivity (Wildman–Crippen MR) is 69.8 cm³/mol. The molecule has 0 radical (unpaired) electrons. The lowest BCUT2D eigenvalue weighted by Crippen LogP contribution is -2.04. The van der Waals surface area contributed by atoms with Crippen LogP contribution in [-0.2, 0) is 6.42 Å². The summed E-state index contributed by atoms with van der Waals surface area (Å²) in [7, 11) is 0. The zero-order valence-corrected chi connectivity index (χ0v) is 10.3. The normalized spacial score (nSPS) is 10.9. The molecule has 6 heteroatoms. The van der Waals surface area contributed by atoms with E-state index in [9.17, 15) is 0 Å². The fraction of sp³-hybridized carbons (Fsp3) is 0.364. The van der Waals surface area contributed by atoms with Crippen LogP contribution in [0.25, 0.3) is 11.0 Å². The van der Waals surface area contributed by atoms with E-state index in [0.717, 1.165) is 24.8 Å². The summed E-state index contributed by atoms with van der Waals surface area (Å²) in [5, 5.41) is 0.600. The Kier molecular flexibility index (Phi) is 3.28. The van der Waals surface area contributed by atoms with E-state index in [1.165, 1.54) is 0 Å². The molecular weight excluding hydrogens is 238 g/mol. The summed E-state index contributed by atoms with van der Waals surface area (Å²) in [6.45, 7) is 2.12. The van der Waals surface area contributed by atoms with E-state index < -0.39 is 0 Å². The lowest BCUT2D eigenvalue weighted by molar-refractivity contribution is 0.797. The van der Waals surface area contributed by atoms with Crippen LogP contribution in [0.4, 0.5) is 11.8 Å². The number of unbranched alkanes of at least 4 members (excludes halogenated alkanes) is 1. The number of aryl methyl sites for hydroxylation is 1. The predicted octanol–water partition coefficient (Wildman–Crippen LogP) is 2.19. The van der Waals surface area contributed by atoms with Crippen molar-refractivity contribution in [2.45, 2.75) is 26.2 Å². The molecule has 17 heavy (non-hydrogen) atoms. The Morgan fingerprint density at radius 2 is 2.00 bits per heavy atom. The van der Waals surface area contributed by atoms with Crippen molar-refractivity contribution in [2.75, 3.05) is 11.5 Å². The fourth-order valence-corrected chi connectivity index (χ4v) is 1.96. The van der Waals surface area contributed by atoms with Gasteiger partial charge in [-0.25, -0.2) is 9.97 Å². The van der Waals surface area contributed by atoms with Gasteiger partial charge < -0.3 is 11.5 Å². The third kappa shape index (κ3) is 2.24. The minimum Gasteiger partial charge on any atom is -0.382 e. The maximum Gasteiger partial charge on any atom is 0.222 e. The minimum atomic E-state index is 0.150. The molecule has 4 N–H and O–H groups in total. The van der Waals surface area contributed by atoms with Gasteiger partial charge in [0, 0.05) is 11.8 Å². The smallest absolute Gasteiger partial charge is 0.222 e. The molecule has 2 heterocycles. The van der Waals surface area contributed by atoms with Crippen LogP contribution in [0.15, 0.2) is 6.20 Å². The SMILES string of the molecule is CCCCc1c(Cl)cnc2c(N)nc(N)nc12. The van der Waals surface area contributed by atoms with Gasteiger partial charge in [0.05, 0.1) is 5.02 Å². The number of fused-ring (bicyclic) bond motifs is 1. The Labute approximate surface area is 104 Å².